The van der Waals surface area contributed by atoms with Crippen molar-refractivity contribution in [2.24, 2.45) is 0 Å². The first-order valence-corrected chi connectivity index (χ1v) is 9.95. The van der Waals surface area contributed by atoms with E-state index in [1.807, 2.05) is 11.3 Å². The molecule has 1 aromatic carbocycles. The lowest BCUT2D eigenvalue weighted by atomic mass is 9.97. The smallest absolute Gasteiger partial charge is 0.319 e. The lowest BCUT2D eigenvalue weighted by Crippen LogP contribution is -2.50. The van der Waals surface area contributed by atoms with Crippen LogP contribution in [0.2, 0.25) is 0 Å². The van der Waals surface area contributed by atoms with Crippen molar-refractivity contribution in [1.82, 2.24) is 10.2 Å². The molecule has 2 aliphatic rings. The van der Waals surface area contributed by atoms with Gasteiger partial charge in [0, 0.05) is 35.2 Å². The molecule has 2 aliphatic heterocycles. The van der Waals surface area contributed by atoms with Crippen LogP contribution in [0, 0.1) is 11.3 Å². The number of urea groups is 1. The van der Waals surface area contributed by atoms with Crippen molar-refractivity contribution in [1.29, 1.82) is 5.26 Å². The van der Waals surface area contributed by atoms with Gasteiger partial charge in [0.1, 0.15) is 0 Å². The van der Waals surface area contributed by atoms with Crippen LogP contribution >= 0.6 is 11.3 Å². The standard InChI is InChI=1S/C20H22N4OS/c21-12-14-3-5-15(6-4-14)22-20(25)23-16-10-17-7-8-18(11-16)24(17)13-19-2-1-9-26-19/h1-6,9,16-18H,7-8,10-11,13H2,(H2,22,23,25). The summed E-state index contributed by atoms with van der Waals surface area (Å²) in [5.41, 5.74) is 1.30. The number of amides is 2. The number of piperidine rings is 1. The molecule has 5 nitrogen and oxygen atoms in total. The van der Waals surface area contributed by atoms with E-state index in [1.54, 1.807) is 24.3 Å². The molecule has 2 atom stereocenters. The summed E-state index contributed by atoms with van der Waals surface area (Å²) in [5, 5.41) is 17.0. The number of rotatable bonds is 4. The minimum atomic E-state index is -0.161. The highest BCUT2D eigenvalue weighted by Gasteiger charge is 2.41. The molecule has 2 N–H and O–H groups in total. The van der Waals surface area contributed by atoms with Crippen molar-refractivity contribution in [3.63, 3.8) is 0 Å². The van der Waals surface area contributed by atoms with E-state index >= 15 is 0 Å². The molecule has 2 fully saturated rings. The maximum atomic E-state index is 12.3. The van der Waals surface area contributed by atoms with E-state index in [1.165, 1.54) is 17.7 Å². The second kappa shape index (κ2) is 7.48. The van der Waals surface area contributed by atoms with Gasteiger partial charge in [-0.2, -0.15) is 5.26 Å². The number of thiophene rings is 1. The molecular weight excluding hydrogens is 344 g/mol. The maximum absolute atomic E-state index is 12.3. The molecule has 2 saturated heterocycles. The van der Waals surface area contributed by atoms with Crippen molar-refractivity contribution in [3.8, 4) is 6.07 Å². The van der Waals surface area contributed by atoms with E-state index in [-0.39, 0.29) is 12.1 Å². The maximum Gasteiger partial charge on any atom is 0.319 e. The summed E-state index contributed by atoms with van der Waals surface area (Å²) in [4.78, 5) is 16.4. The summed E-state index contributed by atoms with van der Waals surface area (Å²) in [6.45, 7) is 1.04. The molecule has 0 spiro atoms. The highest BCUT2D eigenvalue weighted by molar-refractivity contribution is 7.09. The van der Waals surface area contributed by atoms with Crippen LogP contribution in [0.25, 0.3) is 0 Å². The molecule has 0 radical (unpaired) electrons. The molecule has 26 heavy (non-hydrogen) atoms. The highest BCUT2D eigenvalue weighted by atomic mass is 32.1. The van der Waals surface area contributed by atoms with Crippen LogP contribution in [0.3, 0.4) is 0 Å². The van der Waals surface area contributed by atoms with E-state index in [0.717, 1.165) is 19.4 Å². The van der Waals surface area contributed by atoms with Crippen LogP contribution in [0.15, 0.2) is 41.8 Å². The molecule has 2 aromatic rings. The molecule has 6 heteroatoms. The minimum Gasteiger partial charge on any atom is -0.335 e. The molecule has 4 rings (SSSR count). The third kappa shape index (κ3) is 3.74. The monoisotopic (exact) mass is 366 g/mol. The molecule has 1 aromatic heterocycles. The van der Waals surface area contributed by atoms with Gasteiger partial charge in [0.2, 0.25) is 0 Å². The predicted octanol–water partition coefficient (Wildman–Crippen LogP) is 3.94. The third-order valence-electron chi connectivity index (χ3n) is 5.41. The van der Waals surface area contributed by atoms with Crippen LogP contribution in [0.5, 0.6) is 0 Å². The van der Waals surface area contributed by atoms with E-state index in [4.69, 9.17) is 5.26 Å². The zero-order chi connectivity index (χ0) is 17.9. The Morgan fingerprint density at radius 3 is 2.54 bits per heavy atom. The van der Waals surface area contributed by atoms with Gasteiger partial charge >= 0.3 is 6.03 Å². The number of nitriles is 1. The topological polar surface area (TPSA) is 68.2 Å². The molecule has 3 heterocycles. The van der Waals surface area contributed by atoms with Crippen molar-refractivity contribution < 1.29 is 4.79 Å². The Hall–Kier alpha value is -2.36. The Bertz CT molecular complexity index is 782. The highest BCUT2D eigenvalue weighted by Crippen LogP contribution is 2.37. The van der Waals surface area contributed by atoms with Gasteiger partial charge in [-0.25, -0.2) is 4.79 Å². The number of benzene rings is 1. The fourth-order valence-electron chi connectivity index (χ4n) is 4.21. The largest absolute Gasteiger partial charge is 0.335 e. The SMILES string of the molecule is N#Cc1ccc(NC(=O)NC2CC3CCC(C2)N3Cc2cccs2)cc1. The minimum absolute atomic E-state index is 0.161. The van der Waals surface area contributed by atoms with Crippen molar-refractivity contribution in [3.05, 3.63) is 52.2 Å². The Labute approximate surface area is 157 Å². The van der Waals surface area contributed by atoms with Crippen LogP contribution in [-0.4, -0.2) is 29.1 Å². The van der Waals surface area contributed by atoms with Crippen LogP contribution in [-0.2, 0) is 6.54 Å². The number of anilines is 1. The Kier molecular flexibility index (Phi) is 4.91. The molecule has 2 bridgehead atoms. The van der Waals surface area contributed by atoms with Gasteiger partial charge < -0.3 is 10.6 Å². The van der Waals surface area contributed by atoms with E-state index in [2.05, 4.69) is 39.1 Å². The zero-order valence-corrected chi connectivity index (χ0v) is 15.3. The summed E-state index contributed by atoms with van der Waals surface area (Å²) in [6.07, 6.45) is 4.49. The van der Waals surface area contributed by atoms with Crippen molar-refractivity contribution in [2.75, 3.05) is 5.32 Å². The van der Waals surface area contributed by atoms with Crippen molar-refractivity contribution >= 4 is 23.1 Å². The van der Waals surface area contributed by atoms with Gasteiger partial charge in [-0.3, -0.25) is 4.90 Å². The summed E-state index contributed by atoms with van der Waals surface area (Å²) in [5.74, 6) is 0. The summed E-state index contributed by atoms with van der Waals surface area (Å²) < 4.78 is 0. The van der Waals surface area contributed by atoms with Gasteiger partial charge in [-0.05, 0) is 61.4 Å². The first-order chi connectivity index (χ1) is 12.7. The zero-order valence-electron chi connectivity index (χ0n) is 14.5. The fraction of sp³-hybridized carbons (Fsp3) is 0.400. The van der Waals surface area contributed by atoms with E-state index in [0.29, 0.717) is 23.3 Å². The number of carbonyl (C=O) groups excluding carboxylic acids is 1. The number of nitrogens with one attached hydrogen (secondary N) is 2. The molecular formula is C20H22N4OS. The Morgan fingerprint density at radius 2 is 1.92 bits per heavy atom. The van der Waals surface area contributed by atoms with Crippen LogP contribution in [0.1, 0.15) is 36.1 Å². The second-order valence-corrected chi connectivity index (χ2v) is 8.12. The van der Waals surface area contributed by atoms with Gasteiger partial charge in [0.15, 0.2) is 0 Å². The van der Waals surface area contributed by atoms with Gasteiger partial charge in [0.25, 0.3) is 0 Å². The quantitative estimate of drug-likeness (QED) is 0.861. The van der Waals surface area contributed by atoms with Gasteiger partial charge in [-0.15, -0.1) is 11.3 Å². The Morgan fingerprint density at radius 1 is 1.19 bits per heavy atom. The van der Waals surface area contributed by atoms with Crippen molar-refractivity contribution in [2.45, 2.75) is 50.4 Å². The molecule has 134 valence electrons. The van der Waals surface area contributed by atoms with E-state index in [9.17, 15) is 4.79 Å². The number of hydrogen-bond acceptors (Lipinski definition) is 4. The average molecular weight is 366 g/mol. The second-order valence-electron chi connectivity index (χ2n) is 7.09. The third-order valence-corrected chi connectivity index (χ3v) is 6.27. The van der Waals surface area contributed by atoms with Crippen LogP contribution in [0.4, 0.5) is 10.5 Å². The van der Waals surface area contributed by atoms with Gasteiger partial charge in [0.05, 0.1) is 11.6 Å². The molecule has 2 amide bonds. The number of fused-ring (bicyclic) bond motifs is 2. The number of nitrogens with zero attached hydrogens (tertiary/aromatic N) is 2. The first-order valence-electron chi connectivity index (χ1n) is 9.07. The molecule has 0 aliphatic carbocycles. The number of hydrogen-bond donors (Lipinski definition) is 2. The molecule has 2 unspecified atom stereocenters. The fourth-order valence-corrected chi connectivity index (χ4v) is 4.93. The molecule has 0 saturated carbocycles. The lowest BCUT2D eigenvalue weighted by molar-refractivity contribution is 0.113. The summed E-state index contributed by atoms with van der Waals surface area (Å²) in [6, 6.07) is 14.5. The summed E-state index contributed by atoms with van der Waals surface area (Å²) in [7, 11) is 0. The van der Waals surface area contributed by atoms with Crippen LogP contribution < -0.4 is 10.6 Å². The van der Waals surface area contributed by atoms with E-state index < -0.39 is 0 Å². The first kappa shape index (κ1) is 17.1. The lowest BCUT2D eigenvalue weighted by Gasteiger charge is -2.39. The number of carbonyl (C=O) groups is 1. The average Bonchev–Trinajstić information content (AvgIpc) is 3.22. The summed E-state index contributed by atoms with van der Waals surface area (Å²) >= 11 is 1.82. The van der Waals surface area contributed by atoms with Gasteiger partial charge in [-0.1, -0.05) is 6.07 Å². The normalized spacial score (nSPS) is 24.8. The Balaban J connectivity index is 1.31. The predicted molar refractivity (Wildman–Crippen MR) is 103 cm³/mol.